The predicted octanol–water partition coefficient (Wildman–Crippen LogP) is 3.79. The van der Waals surface area contributed by atoms with Crippen LogP contribution >= 0.6 is 21.9 Å². The summed E-state index contributed by atoms with van der Waals surface area (Å²) in [5.74, 6) is 0.495. The van der Waals surface area contributed by atoms with Crippen LogP contribution in [0.15, 0.2) is 34.7 Å². The third kappa shape index (κ3) is 3.91. The van der Waals surface area contributed by atoms with E-state index in [1.807, 2.05) is 25.1 Å². The number of nitrogens with zero attached hydrogens (tertiary/aromatic N) is 1. The molecular formula is C17H21N3O4S3. The molecule has 10 heteroatoms. The van der Waals surface area contributed by atoms with Gasteiger partial charge in [0.05, 0.1) is 0 Å². The maximum atomic E-state index is 12.7. The first-order chi connectivity index (χ1) is 12.7. The molecule has 3 aromatic heterocycles. The van der Waals surface area contributed by atoms with Crippen molar-refractivity contribution in [1.29, 1.82) is 0 Å². The van der Waals surface area contributed by atoms with Crippen molar-refractivity contribution in [3.8, 4) is 10.4 Å². The van der Waals surface area contributed by atoms with Crippen LogP contribution in [0.5, 0.6) is 0 Å². The standard InChI is InChI=1S/C17H21N3O4S3/c1-11-10-14-13(4-7-18-17(14)19-11)15-2-3-16(25-15)27(23,24)20-12-5-8-26(21,22)9-6-12/h2-4,7,10,12,20-22H,5-6,8-9H2,1H3,(H,18,19). The first-order valence-corrected chi connectivity index (χ1v) is 12.7. The van der Waals surface area contributed by atoms with Gasteiger partial charge in [0.2, 0.25) is 10.0 Å². The zero-order chi connectivity index (χ0) is 19.2. The SMILES string of the molecule is Cc1cc2c(-c3ccc(S(=O)(=O)NC4CCS(O)(O)CC4)s3)ccnc2[nH]1. The Kier molecular flexibility index (Phi) is 4.81. The Bertz CT molecular complexity index is 1080. The molecule has 4 rings (SSSR count). The highest BCUT2D eigenvalue weighted by Crippen LogP contribution is 2.44. The molecular weight excluding hydrogens is 406 g/mol. The number of aromatic amines is 1. The fourth-order valence-corrected chi connectivity index (χ4v) is 7.48. The van der Waals surface area contributed by atoms with Crippen LogP contribution in [-0.2, 0) is 10.0 Å². The van der Waals surface area contributed by atoms with Gasteiger partial charge in [0.15, 0.2) is 0 Å². The third-order valence-corrected chi connectivity index (χ3v) is 9.60. The van der Waals surface area contributed by atoms with Crippen molar-refractivity contribution in [3.63, 3.8) is 0 Å². The molecule has 0 atom stereocenters. The lowest BCUT2D eigenvalue weighted by atomic mass is 10.1. The largest absolute Gasteiger partial charge is 0.344 e. The van der Waals surface area contributed by atoms with E-state index in [4.69, 9.17) is 0 Å². The van der Waals surface area contributed by atoms with Gasteiger partial charge in [-0.2, -0.15) is 10.6 Å². The van der Waals surface area contributed by atoms with E-state index in [9.17, 15) is 17.5 Å². The summed E-state index contributed by atoms with van der Waals surface area (Å²) in [5.41, 5.74) is 2.73. The molecule has 27 heavy (non-hydrogen) atoms. The summed E-state index contributed by atoms with van der Waals surface area (Å²) in [6, 6.07) is 7.06. The van der Waals surface area contributed by atoms with Crippen molar-refractivity contribution in [1.82, 2.24) is 14.7 Å². The number of fused-ring (bicyclic) bond motifs is 1. The second-order valence-electron chi connectivity index (χ2n) is 6.80. The zero-order valence-electron chi connectivity index (χ0n) is 14.7. The highest BCUT2D eigenvalue weighted by atomic mass is 32.3. The molecule has 1 aliphatic rings. The Labute approximate surface area is 163 Å². The van der Waals surface area contributed by atoms with Gasteiger partial charge in [-0.1, -0.05) is 0 Å². The lowest BCUT2D eigenvalue weighted by molar-refractivity contribution is 0.444. The van der Waals surface area contributed by atoms with Crippen molar-refractivity contribution in [2.24, 2.45) is 0 Å². The summed E-state index contributed by atoms with van der Waals surface area (Å²) in [6.45, 7) is 1.96. The summed E-state index contributed by atoms with van der Waals surface area (Å²) in [4.78, 5) is 8.36. The number of pyridine rings is 1. The molecule has 0 amide bonds. The summed E-state index contributed by atoms with van der Waals surface area (Å²) >= 11 is 1.22. The van der Waals surface area contributed by atoms with E-state index in [0.717, 1.165) is 27.2 Å². The first kappa shape index (κ1) is 18.9. The minimum atomic E-state index is -3.64. The lowest BCUT2D eigenvalue weighted by Crippen LogP contribution is -2.39. The quantitative estimate of drug-likeness (QED) is 0.506. The minimum absolute atomic E-state index is 0.248. The molecule has 0 bridgehead atoms. The van der Waals surface area contributed by atoms with E-state index in [2.05, 4.69) is 14.7 Å². The topological polar surface area (TPSA) is 115 Å². The van der Waals surface area contributed by atoms with Crippen LogP contribution in [0.2, 0.25) is 0 Å². The monoisotopic (exact) mass is 427 g/mol. The molecule has 0 unspecified atom stereocenters. The van der Waals surface area contributed by atoms with E-state index in [-0.39, 0.29) is 21.8 Å². The third-order valence-electron chi connectivity index (χ3n) is 4.69. The van der Waals surface area contributed by atoms with E-state index < -0.39 is 20.6 Å². The van der Waals surface area contributed by atoms with Gasteiger partial charge >= 0.3 is 0 Å². The van der Waals surface area contributed by atoms with Gasteiger partial charge < -0.3 is 4.98 Å². The highest BCUT2D eigenvalue weighted by molar-refractivity contribution is 8.24. The average molecular weight is 428 g/mol. The van der Waals surface area contributed by atoms with Crippen LogP contribution in [0.1, 0.15) is 18.5 Å². The van der Waals surface area contributed by atoms with Crippen LogP contribution < -0.4 is 4.72 Å². The number of hydrogen-bond donors (Lipinski definition) is 4. The second kappa shape index (κ2) is 6.87. The maximum absolute atomic E-state index is 12.7. The Morgan fingerprint density at radius 3 is 2.74 bits per heavy atom. The van der Waals surface area contributed by atoms with Gasteiger partial charge in [0, 0.05) is 45.3 Å². The molecule has 0 saturated carbocycles. The van der Waals surface area contributed by atoms with Gasteiger partial charge in [-0.15, -0.1) is 11.3 Å². The summed E-state index contributed by atoms with van der Waals surface area (Å²) in [5, 5.41) is 0.964. The Morgan fingerprint density at radius 1 is 1.26 bits per heavy atom. The molecule has 1 saturated heterocycles. The van der Waals surface area contributed by atoms with E-state index in [1.165, 1.54) is 11.3 Å². The van der Waals surface area contributed by atoms with Crippen LogP contribution in [0, 0.1) is 6.92 Å². The highest BCUT2D eigenvalue weighted by Gasteiger charge is 2.28. The van der Waals surface area contributed by atoms with Gasteiger partial charge in [-0.3, -0.25) is 9.11 Å². The van der Waals surface area contributed by atoms with Crippen molar-refractivity contribution in [3.05, 3.63) is 36.2 Å². The normalized spacial score (nSPS) is 19.4. The van der Waals surface area contributed by atoms with Crippen molar-refractivity contribution >= 4 is 43.0 Å². The molecule has 4 heterocycles. The van der Waals surface area contributed by atoms with Gasteiger partial charge in [-0.05, 0) is 44.0 Å². The van der Waals surface area contributed by atoms with Crippen molar-refractivity contribution in [2.45, 2.75) is 30.0 Å². The van der Waals surface area contributed by atoms with Gasteiger partial charge in [-0.25, -0.2) is 18.1 Å². The van der Waals surface area contributed by atoms with E-state index in [0.29, 0.717) is 12.8 Å². The van der Waals surface area contributed by atoms with Crippen LogP contribution in [0.4, 0.5) is 0 Å². The van der Waals surface area contributed by atoms with Gasteiger partial charge in [0.1, 0.15) is 9.86 Å². The number of H-pyrrole nitrogens is 1. The Morgan fingerprint density at radius 2 is 2.00 bits per heavy atom. The first-order valence-electron chi connectivity index (χ1n) is 8.54. The fourth-order valence-electron chi connectivity index (χ4n) is 3.29. The smallest absolute Gasteiger partial charge is 0.250 e. The molecule has 1 fully saturated rings. The fraction of sp³-hybridized carbons (Fsp3) is 0.353. The summed E-state index contributed by atoms with van der Waals surface area (Å²) < 4.78 is 47.8. The molecule has 7 nitrogen and oxygen atoms in total. The van der Waals surface area contributed by atoms with Crippen LogP contribution in [-0.4, -0.2) is 45.0 Å². The minimum Gasteiger partial charge on any atom is -0.344 e. The second-order valence-corrected chi connectivity index (χ2v) is 12.2. The molecule has 4 N–H and O–H groups in total. The van der Waals surface area contributed by atoms with Gasteiger partial charge in [0.25, 0.3) is 0 Å². The van der Waals surface area contributed by atoms with Crippen molar-refractivity contribution < 1.29 is 17.5 Å². The Balaban J connectivity index is 1.58. The molecule has 146 valence electrons. The molecule has 0 spiro atoms. The van der Waals surface area contributed by atoms with Crippen LogP contribution in [0.25, 0.3) is 21.5 Å². The average Bonchev–Trinajstić information content (AvgIpc) is 3.22. The zero-order valence-corrected chi connectivity index (χ0v) is 17.1. The van der Waals surface area contributed by atoms with Crippen molar-refractivity contribution in [2.75, 3.05) is 11.5 Å². The number of aryl methyl sites for hydroxylation is 1. The number of nitrogens with one attached hydrogen (secondary N) is 2. The molecule has 3 aromatic rings. The maximum Gasteiger partial charge on any atom is 0.250 e. The summed E-state index contributed by atoms with van der Waals surface area (Å²) in [7, 11) is -6.17. The number of sulfonamides is 1. The van der Waals surface area contributed by atoms with Crippen LogP contribution in [0.3, 0.4) is 0 Å². The molecule has 0 aromatic carbocycles. The number of hydrogen-bond acceptors (Lipinski definition) is 6. The summed E-state index contributed by atoms with van der Waals surface area (Å²) in [6.07, 6.45) is 2.58. The van der Waals surface area contributed by atoms with E-state index >= 15 is 0 Å². The lowest BCUT2D eigenvalue weighted by Gasteiger charge is -2.39. The number of aromatic nitrogens is 2. The molecule has 0 radical (unpaired) electrons. The Hall–Kier alpha value is -1.43. The molecule has 1 aliphatic heterocycles. The number of rotatable bonds is 4. The van der Waals surface area contributed by atoms with E-state index in [1.54, 1.807) is 12.3 Å². The molecule has 0 aliphatic carbocycles. The number of thiophene rings is 1. The predicted molar refractivity (Wildman–Crippen MR) is 110 cm³/mol.